The molecule has 210 valence electrons. The second-order valence-electron chi connectivity index (χ2n) is 11.7. The van der Waals surface area contributed by atoms with Gasteiger partial charge in [0, 0.05) is 0 Å². The summed E-state index contributed by atoms with van der Waals surface area (Å²) >= 11 is 0. The predicted molar refractivity (Wildman–Crippen MR) is 163 cm³/mol. The van der Waals surface area contributed by atoms with Gasteiger partial charge in [0.1, 0.15) is 0 Å². The molecule has 0 aliphatic carbocycles. The van der Waals surface area contributed by atoms with Gasteiger partial charge in [-0.3, -0.25) is 0 Å². The highest BCUT2D eigenvalue weighted by molar-refractivity contribution is 4.93. The van der Waals surface area contributed by atoms with Crippen LogP contribution in [-0.2, 0) is 0 Å². The molecule has 0 bridgehead atoms. The maximum absolute atomic E-state index is 4.30. The molecule has 0 aromatic heterocycles. The van der Waals surface area contributed by atoms with E-state index < -0.39 is 0 Å². The summed E-state index contributed by atoms with van der Waals surface area (Å²) in [5, 5.41) is 3.39. The zero-order valence-electron chi connectivity index (χ0n) is 25.1. The molecule has 0 aromatic rings. The Labute approximate surface area is 224 Å². The van der Waals surface area contributed by atoms with Crippen LogP contribution in [0.4, 0.5) is 0 Å². The highest BCUT2D eigenvalue weighted by Gasteiger charge is 2.08. The highest BCUT2D eigenvalue weighted by atomic mass is 14.8. The van der Waals surface area contributed by atoms with Crippen molar-refractivity contribution in [2.45, 2.75) is 187 Å². The molecule has 1 nitrogen and oxygen atoms in total. The zero-order chi connectivity index (χ0) is 25.7. The normalized spacial score (nSPS) is 12.3. The van der Waals surface area contributed by atoms with Crippen LogP contribution >= 0.6 is 0 Å². The van der Waals surface area contributed by atoms with Crippen LogP contribution in [0.1, 0.15) is 187 Å². The van der Waals surface area contributed by atoms with Crippen molar-refractivity contribution in [1.82, 2.24) is 5.32 Å². The fourth-order valence-corrected chi connectivity index (χ4v) is 5.50. The Morgan fingerprint density at radius 3 is 1.23 bits per heavy atom. The largest absolute Gasteiger partial charge is 0.320 e. The summed E-state index contributed by atoms with van der Waals surface area (Å²) in [6.07, 6.45) is 38.4. The van der Waals surface area contributed by atoms with Gasteiger partial charge < -0.3 is 5.32 Å². The summed E-state index contributed by atoms with van der Waals surface area (Å²) in [5.74, 6) is 0.960. The van der Waals surface area contributed by atoms with E-state index in [-0.39, 0.29) is 0 Å². The lowest BCUT2D eigenvalue weighted by atomic mass is 9.91. The van der Waals surface area contributed by atoms with Crippen molar-refractivity contribution in [2.24, 2.45) is 5.92 Å². The Kier molecular flexibility index (Phi) is 29.7. The Bertz CT molecular complexity index is 401. The Hall–Kier alpha value is -0.300. The fraction of sp³-hybridized carbons (Fsp3) is 0.941. The molecular formula is C34H69N. The maximum atomic E-state index is 4.30. The van der Waals surface area contributed by atoms with Gasteiger partial charge in [-0.15, -0.1) is 0 Å². The van der Waals surface area contributed by atoms with Crippen LogP contribution in [0, 0.1) is 5.92 Å². The third kappa shape index (κ3) is 28.1. The Morgan fingerprint density at radius 1 is 0.486 bits per heavy atom. The van der Waals surface area contributed by atoms with Gasteiger partial charge in [-0.05, 0) is 51.6 Å². The van der Waals surface area contributed by atoms with Crippen LogP contribution in [0.15, 0.2) is 12.2 Å². The molecule has 0 heterocycles. The summed E-state index contributed by atoms with van der Waals surface area (Å²) < 4.78 is 0. The van der Waals surface area contributed by atoms with Crippen LogP contribution in [0.25, 0.3) is 0 Å². The summed E-state index contributed by atoms with van der Waals surface area (Å²) in [6.45, 7) is 10.1. The number of unbranched alkanes of at least 4 members (excludes halogenated alkanes) is 19. The van der Waals surface area contributed by atoms with E-state index in [1.807, 2.05) is 0 Å². The van der Waals surface area contributed by atoms with Crippen LogP contribution < -0.4 is 5.32 Å². The molecule has 1 atom stereocenters. The van der Waals surface area contributed by atoms with Gasteiger partial charge in [-0.2, -0.15) is 0 Å². The van der Waals surface area contributed by atoms with Crippen molar-refractivity contribution < 1.29 is 0 Å². The van der Waals surface area contributed by atoms with Gasteiger partial charge in [-0.1, -0.05) is 167 Å². The lowest BCUT2D eigenvalue weighted by Crippen LogP contribution is -2.13. The lowest BCUT2D eigenvalue weighted by molar-refractivity contribution is 0.376. The van der Waals surface area contributed by atoms with E-state index >= 15 is 0 Å². The zero-order valence-corrected chi connectivity index (χ0v) is 25.1. The van der Waals surface area contributed by atoms with Crippen molar-refractivity contribution in [3.63, 3.8) is 0 Å². The van der Waals surface area contributed by atoms with Crippen LogP contribution in [-0.4, -0.2) is 13.6 Å². The first-order valence-electron chi connectivity index (χ1n) is 16.6. The van der Waals surface area contributed by atoms with Crippen LogP contribution in [0.5, 0.6) is 0 Å². The van der Waals surface area contributed by atoms with Crippen molar-refractivity contribution in [3.05, 3.63) is 12.2 Å². The minimum absolute atomic E-state index is 0.960. The molecule has 0 aromatic carbocycles. The molecule has 0 amide bonds. The average molecular weight is 492 g/mol. The second kappa shape index (κ2) is 29.9. The molecule has 0 spiro atoms. The fourth-order valence-electron chi connectivity index (χ4n) is 5.50. The summed E-state index contributed by atoms with van der Waals surface area (Å²) in [7, 11) is 2.11. The van der Waals surface area contributed by atoms with Gasteiger partial charge in [0.2, 0.25) is 0 Å². The second-order valence-corrected chi connectivity index (χ2v) is 11.7. The first kappa shape index (κ1) is 34.7. The molecule has 35 heavy (non-hydrogen) atoms. The third-order valence-corrected chi connectivity index (χ3v) is 8.05. The number of allylic oxidation sites excluding steroid dienone is 1. The van der Waals surface area contributed by atoms with E-state index in [4.69, 9.17) is 0 Å². The van der Waals surface area contributed by atoms with E-state index in [9.17, 15) is 0 Å². The molecule has 0 radical (unpaired) electrons. The average Bonchev–Trinajstić information content (AvgIpc) is 2.86. The molecule has 1 heteroatoms. The van der Waals surface area contributed by atoms with E-state index in [1.165, 1.54) is 185 Å². The quantitative estimate of drug-likeness (QED) is 0.0777. The molecule has 1 N–H and O–H groups in total. The molecule has 0 saturated heterocycles. The van der Waals surface area contributed by atoms with Crippen LogP contribution in [0.2, 0.25) is 0 Å². The first-order chi connectivity index (χ1) is 17.2. The van der Waals surface area contributed by atoms with E-state index in [0.29, 0.717) is 0 Å². The summed E-state index contributed by atoms with van der Waals surface area (Å²) in [6, 6.07) is 0. The molecule has 0 rings (SSSR count). The molecule has 0 saturated carbocycles. The van der Waals surface area contributed by atoms with Gasteiger partial charge >= 0.3 is 0 Å². The number of rotatable bonds is 30. The Balaban J connectivity index is 3.57. The minimum atomic E-state index is 0.960. The third-order valence-electron chi connectivity index (χ3n) is 8.05. The monoisotopic (exact) mass is 492 g/mol. The van der Waals surface area contributed by atoms with Gasteiger partial charge in [0.25, 0.3) is 0 Å². The molecule has 0 aliphatic heterocycles. The number of nitrogens with one attached hydrogen (secondary N) is 1. The predicted octanol–water partition coefficient (Wildman–Crippen LogP) is 12.0. The van der Waals surface area contributed by atoms with Crippen molar-refractivity contribution in [2.75, 3.05) is 13.6 Å². The van der Waals surface area contributed by atoms with E-state index in [1.54, 1.807) is 0 Å². The van der Waals surface area contributed by atoms with E-state index in [0.717, 1.165) is 5.92 Å². The molecule has 0 aliphatic rings. The molecule has 1 unspecified atom stereocenters. The maximum Gasteiger partial charge on any atom is -0.00493 e. The minimum Gasteiger partial charge on any atom is -0.320 e. The standard InChI is InChI=1S/C34H69N/c1-5-7-9-11-12-13-14-15-16-17-21-25-29-34(31-32-35-4)30-26-22-19-18-20-24-28-33(3)27-23-10-8-6-2/h34-35H,3,5-32H2,1-2,4H3. The van der Waals surface area contributed by atoms with Crippen molar-refractivity contribution >= 4 is 0 Å². The highest BCUT2D eigenvalue weighted by Crippen LogP contribution is 2.22. The molecular weight excluding hydrogens is 422 g/mol. The topological polar surface area (TPSA) is 12.0 Å². The number of hydrogen-bond acceptors (Lipinski definition) is 1. The SMILES string of the molecule is C=C(CCCCCC)CCCCCCCCC(CCCCCCCCCCCCCC)CCNC. The first-order valence-corrected chi connectivity index (χ1v) is 16.6. The summed E-state index contributed by atoms with van der Waals surface area (Å²) in [4.78, 5) is 0. The van der Waals surface area contributed by atoms with Crippen molar-refractivity contribution in [3.8, 4) is 0 Å². The number of hydrogen-bond donors (Lipinski definition) is 1. The van der Waals surface area contributed by atoms with E-state index in [2.05, 4.69) is 32.8 Å². The lowest BCUT2D eigenvalue weighted by Gasteiger charge is -2.17. The van der Waals surface area contributed by atoms with Gasteiger partial charge in [0.15, 0.2) is 0 Å². The summed E-state index contributed by atoms with van der Waals surface area (Å²) in [5.41, 5.74) is 1.51. The van der Waals surface area contributed by atoms with Gasteiger partial charge in [-0.25, -0.2) is 0 Å². The van der Waals surface area contributed by atoms with Gasteiger partial charge in [0.05, 0.1) is 0 Å². The Morgan fingerprint density at radius 2 is 0.829 bits per heavy atom. The smallest absolute Gasteiger partial charge is 0.00493 e. The van der Waals surface area contributed by atoms with Crippen LogP contribution in [0.3, 0.4) is 0 Å². The molecule has 0 fully saturated rings. The van der Waals surface area contributed by atoms with Crippen molar-refractivity contribution in [1.29, 1.82) is 0 Å².